The molecule has 1 atom stereocenters. The summed E-state index contributed by atoms with van der Waals surface area (Å²) in [6.07, 6.45) is 0.0867. The molecule has 0 saturated carbocycles. The van der Waals surface area contributed by atoms with Crippen LogP contribution in [0, 0.1) is 0 Å². The second-order valence-corrected chi connectivity index (χ2v) is 3.20. The van der Waals surface area contributed by atoms with Crippen molar-refractivity contribution in [2.75, 3.05) is 13.1 Å². The van der Waals surface area contributed by atoms with Gasteiger partial charge in [-0.1, -0.05) is 0 Å². The van der Waals surface area contributed by atoms with Crippen molar-refractivity contribution >= 4 is 17.7 Å². The molecule has 6 heteroatoms. The summed E-state index contributed by atoms with van der Waals surface area (Å²) in [6.45, 7) is 1.83. The van der Waals surface area contributed by atoms with E-state index in [1.54, 1.807) is 6.92 Å². The Balaban J connectivity index is 2.58. The number of primary amides is 1. The fourth-order valence-electron chi connectivity index (χ4n) is 1.32. The molecule has 14 heavy (non-hydrogen) atoms. The lowest BCUT2D eigenvalue weighted by Crippen LogP contribution is -2.57. The number of amides is 3. The van der Waals surface area contributed by atoms with E-state index in [1.165, 1.54) is 4.90 Å². The zero-order chi connectivity index (χ0) is 10.7. The minimum Gasteiger partial charge on any atom is -0.370 e. The van der Waals surface area contributed by atoms with Crippen molar-refractivity contribution in [1.82, 2.24) is 10.2 Å². The summed E-state index contributed by atoms with van der Waals surface area (Å²) in [7, 11) is 0. The van der Waals surface area contributed by atoms with Gasteiger partial charge in [0.2, 0.25) is 17.7 Å². The fraction of sp³-hybridized carbons (Fsp3) is 0.625. The number of hydrogen-bond acceptors (Lipinski definition) is 3. The first-order chi connectivity index (χ1) is 6.52. The number of nitrogens with one attached hydrogen (secondary N) is 1. The van der Waals surface area contributed by atoms with E-state index in [9.17, 15) is 14.4 Å². The van der Waals surface area contributed by atoms with Gasteiger partial charge in [-0.3, -0.25) is 14.4 Å². The molecule has 1 aliphatic rings. The Morgan fingerprint density at radius 1 is 1.64 bits per heavy atom. The molecule has 0 aliphatic carbocycles. The van der Waals surface area contributed by atoms with E-state index in [-0.39, 0.29) is 31.3 Å². The lowest BCUT2D eigenvalue weighted by atomic mass is 10.2. The minimum absolute atomic E-state index is 0.00192. The van der Waals surface area contributed by atoms with Gasteiger partial charge >= 0.3 is 0 Å². The molecule has 3 amide bonds. The van der Waals surface area contributed by atoms with Gasteiger partial charge in [0.15, 0.2) is 0 Å². The van der Waals surface area contributed by atoms with E-state index < -0.39 is 11.9 Å². The smallest absolute Gasteiger partial charge is 0.242 e. The molecule has 1 aliphatic heterocycles. The average molecular weight is 199 g/mol. The minimum atomic E-state index is -0.518. The van der Waals surface area contributed by atoms with Gasteiger partial charge in [0, 0.05) is 13.0 Å². The van der Waals surface area contributed by atoms with E-state index in [0.717, 1.165) is 0 Å². The van der Waals surface area contributed by atoms with E-state index >= 15 is 0 Å². The summed E-state index contributed by atoms with van der Waals surface area (Å²) in [5.41, 5.74) is 4.96. The van der Waals surface area contributed by atoms with Crippen LogP contribution in [0.3, 0.4) is 0 Å². The highest BCUT2D eigenvalue weighted by Gasteiger charge is 2.30. The molecule has 1 saturated heterocycles. The first-order valence-electron chi connectivity index (χ1n) is 4.38. The number of carbonyl (C=O) groups is 3. The highest BCUT2D eigenvalue weighted by molar-refractivity contribution is 5.94. The van der Waals surface area contributed by atoms with Gasteiger partial charge in [-0.15, -0.1) is 0 Å². The summed E-state index contributed by atoms with van der Waals surface area (Å²) in [6, 6.07) is -0.518. The van der Waals surface area contributed by atoms with E-state index in [1.807, 2.05) is 0 Å². The highest BCUT2D eigenvalue weighted by atomic mass is 16.2. The van der Waals surface area contributed by atoms with Crippen LogP contribution in [0.1, 0.15) is 13.3 Å². The fourth-order valence-corrected chi connectivity index (χ4v) is 1.32. The van der Waals surface area contributed by atoms with Crippen LogP contribution in [0.2, 0.25) is 0 Å². The molecule has 0 bridgehead atoms. The Bertz CT molecular complexity index is 277. The molecular weight excluding hydrogens is 186 g/mol. The van der Waals surface area contributed by atoms with Crippen LogP contribution < -0.4 is 11.1 Å². The molecule has 78 valence electrons. The third-order valence-corrected chi connectivity index (χ3v) is 2.18. The molecule has 0 aromatic heterocycles. The van der Waals surface area contributed by atoms with Gasteiger partial charge in [-0.2, -0.15) is 0 Å². The van der Waals surface area contributed by atoms with Crippen molar-refractivity contribution in [1.29, 1.82) is 0 Å². The van der Waals surface area contributed by atoms with Crippen LogP contribution in [-0.2, 0) is 14.4 Å². The molecule has 1 heterocycles. The Morgan fingerprint density at radius 2 is 2.29 bits per heavy atom. The highest BCUT2D eigenvalue weighted by Crippen LogP contribution is 2.05. The molecule has 1 fully saturated rings. The maximum absolute atomic E-state index is 11.3. The van der Waals surface area contributed by atoms with Crippen LogP contribution >= 0.6 is 0 Å². The number of hydrogen-bond donors (Lipinski definition) is 2. The molecule has 1 unspecified atom stereocenters. The maximum Gasteiger partial charge on any atom is 0.242 e. The third-order valence-electron chi connectivity index (χ3n) is 2.18. The molecule has 1 rings (SSSR count). The molecule has 0 radical (unpaired) electrons. The Hall–Kier alpha value is -1.59. The Kier molecular flexibility index (Phi) is 3.06. The van der Waals surface area contributed by atoms with Crippen LogP contribution in [0.25, 0.3) is 0 Å². The van der Waals surface area contributed by atoms with Gasteiger partial charge < -0.3 is 16.0 Å². The summed E-state index contributed by atoms with van der Waals surface area (Å²) in [4.78, 5) is 34.4. The maximum atomic E-state index is 11.3. The number of nitrogens with zero attached hydrogens (tertiary/aromatic N) is 1. The first-order valence-corrected chi connectivity index (χ1v) is 4.38. The predicted molar refractivity (Wildman–Crippen MR) is 48.0 cm³/mol. The second kappa shape index (κ2) is 4.08. The summed E-state index contributed by atoms with van der Waals surface area (Å²) in [5.74, 6) is -0.858. The lowest BCUT2D eigenvalue weighted by molar-refractivity contribution is -0.145. The molecule has 0 aromatic rings. The van der Waals surface area contributed by atoms with E-state index in [2.05, 4.69) is 5.32 Å². The van der Waals surface area contributed by atoms with Crippen molar-refractivity contribution in [3.8, 4) is 0 Å². The molecule has 0 spiro atoms. The summed E-state index contributed by atoms with van der Waals surface area (Å²) >= 11 is 0. The van der Waals surface area contributed by atoms with Gasteiger partial charge in [0.05, 0.1) is 6.54 Å². The SMILES string of the molecule is CC1C(=O)NCC(=O)N1CCC(N)=O. The summed E-state index contributed by atoms with van der Waals surface area (Å²) < 4.78 is 0. The van der Waals surface area contributed by atoms with Gasteiger partial charge in [0.25, 0.3) is 0 Å². The van der Waals surface area contributed by atoms with Crippen LogP contribution in [0.4, 0.5) is 0 Å². The molecule has 3 N–H and O–H groups in total. The summed E-state index contributed by atoms with van der Waals surface area (Å²) in [5, 5.41) is 2.45. The van der Waals surface area contributed by atoms with Crippen molar-refractivity contribution < 1.29 is 14.4 Å². The zero-order valence-electron chi connectivity index (χ0n) is 7.95. The molecular formula is C8H13N3O3. The largest absolute Gasteiger partial charge is 0.370 e. The monoisotopic (exact) mass is 199 g/mol. The third kappa shape index (κ3) is 2.21. The van der Waals surface area contributed by atoms with E-state index in [0.29, 0.717) is 0 Å². The number of rotatable bonds is 3. The zero-order valence-corrected chi connectivity index (χ0v) is 7.95. The van der Waals surface area contributed by atoms with Crippen LogP contribution in [0.5, 0.6) is 0 Å². The standard InChI is InChI=1S/C8H13N3O3/c1-5-8(14)10-4-7(13)11(5)3-2-6(9)12/h5H,2-4H2,1H3,(H2,9,12)(H,10,14). The molecule has 6 nitrogen and oxygen atoms in total. The van der Waals surface area contributed by atoms with Crippen molar-refractivity contribution in [3.63, 3.8) is 0 Å². The number of carbonyl (C=O) groups excluding carboxylic acids is 3. The normalized spacial score (nSPS) is 22.1. The average Bonchev–Trinajstić information content (AvgIpc) is 2.11. The van der Waals surface area contributed by atoms with Crippen molar-refractivity contribution in [2.45, 2.75) is 19.4 Å². The van der Waals surface area contributed by atoms with Gasteiger partial charge in [-0.25, -0.2) is 0 Å². The first kappa shape index (κ1) is 10.5. The van der Waals surface area contributed by atoms with E-state index in [4.69, 9.17) is 5.73 Å². The Morgan fingerprint density at radius 3 is 2.86 bits per heavy atom. The van der Waals surface area contributed by atoms with Crippen LogP contribution in [0.15, 0.2) is 0 Å². The van der Waals surface area contributed by atoms with Gasteiger partial charge in [0.1, 0.15) is 6.04 Å². The topological polar surface area (TPSA) is 92.5 Å². The lowest BCUT2D eigenvalue weighted by Gasteiger charge is -2.32. The quantitative estimate of drug-likeness (QED) is 0.562. The van der Waals surface area contributed by atoms with Crippen molar-refractivity contribution in [3.05, 3.63) is 0 Å². The van der Waals surface area contributed by atoms with Crippen LogP contribution in [-0.4, -0.2) is 41.8 Å². The Labute approximate surface area is 81.4 Å². The predicted octanol–water partition coefficient (Wildman–Crippen LogP) is -1.79. The number of piperazine rings is 1. The van der Waals surface area contributed by atoms with Crippen molar-refractivity contribution in [2.24, 2.45) is 5.73 Å². The van der Waals surface area contributed by atoms with Gasteiger partial charge in [-0.05, 0) is 6.92 Å². The molecule has 0 aromatic carbocycles. The second-order valence-electron chi connectivity index (χ2n) is 3.20. The number of nitrogens with two attached hydrogens (primary N) is 1.